The van der Waals surface area contributed by atoms with Crippen LogP contribution in [0.5, 0.6) is 0 Å². The van der Waals surface area contributed by atoms with E-state index in [-0.39, 0.29) is 17.6 Å². The minimum atomic E-state index is -0.0640. The first-order chi connectivity index (χ1) is 10.4. The highest BCUT2D eigenvalue weighted by atomic mass is 16.3. The van der Waals surface area contributed by atoms with Gasteiger partial charge in [0.1, 0.15) is 0 Å². The summed E-state index contributed by atoms with van der Waals surface area (Å²) in [6.07, 6.45) is 12.0. The lowest BCUT2D eigenvalue weighted by atomic mass is 9.43. The molecule has 0 unspecified atom stereocenters. The molecule has 0 saturated heterocycles. The maximum Gasteiger partial charge on any atom is 0.0596 e. The molecule has 4 fully saturated rings. The number of aliphatic hydroxyl groups is 2. The fourth-order valence-electron chi connectivity index (χ4n) is 7.40. The van der Waals surface area contributed by atoms with Gasteiger partial charge in [-0.2, -0.15) is 0 Å². The molecule has 4 saturated carbocycles. The van der Waals surface area contributed by atoms with E-state index >= 15 is 0 Å². The molecule has 22 heavy (non-hydrogen) atoms. The minimum absolute atomic E-state index is 0.0417. The van der Waals surface area contributed by atoms with Gasteiger partial charge < -0.3 is 10.2 Å². The first-order valence-corrected chi connectivity index (χ1v) is 9.81. The molecule has 4 rings (SSSR count). The Labute approximate surface area is 135 Å². The highest BCUT2D eigenvalue weighted by molar-refractivity contribution is 5.08. The summed E-state index contributed by atoms with van der Waals surface area (Å²) in [5, 5.41) is 20.7. The number of rotatable bonds is 0. The Hall–Kier alpha value is -0.0800. The maximum absolute atomic E-state index is 10.7. The van der Waals surface area contributed by atoms with Crippen molar-refractivity contribution >= 4 is 0 Å². The molecule has 4 aliphatic carbocycles. The summed E-state index contributed by atoms with van der Waals surface area (Å²) in [7, 11) is 0. The molecular weight excluding hydrogens is 272 g/mol. The second-order valence-corrected chi connectivity index (χ2v) is 9.58. The third-order valence-electron chi connectivity index (χ3n) is 8.83. The average Bonchev–Trinajstić information content (AvgIpc) is 2.49. The Morgan fingerprint density at radius 3 is 2.32 bits per heavy atom. The first kappa shape index (κ1) is 15.4. The van der Waals surface area contributed by atoms with Gasteiger partial charge in [0.15, 0.2) is 0 Å². The van der Waals surface area contributed by atoms with Gasteiger partial charge in [-0.05, 0) is 92.3 Å². The van der Waals surface area contributed by atoms with Crippen molar-refractivity contribution in [3.63, 3.8) is 0 Å². The second-order valence-electron chi connectivity index (χ2n) is 9.58. The summed E-state index contributed by atoms with van der Waals surface area (Å²) in [6.45, 7) is 4.93. The molecule has 0 amide bonds. The summed E-state index contributed by atoms with van der Waals surface area (Å²) in [4.78, 5) is 0. The fourth-order valence-corrected chi connectivity index (χ4v) is 7.40. The predicted octanol–water partition coefficient (Wildman–Crippen LogP) is 4.14. The lowest BCUT2D eigenvalue weighted by Crippen LogP contribution is -2.57. The van der Waals surface area contributed by atoms with Crippen LogP contribution in [-0.4, -0.2) is 22.4 Å². The zero-order valence-corrected chi connectivity index (χ0v) is 14.4. The van der Waals surface area contributed by atoms with Crippen LogP contribution in [0.25, 0.3) is 0 Å². The first-order valence-electron chi connectivity index (χ1n) is 9.81. The Bertz CT molecular complexity index is 435. The Kier molecular flexibility index (Phi) is 3.66. The van der Waals surface area contributed by atoms with Crippen molar-refractivity contribution in [3.8, 4) is 0 Å². The van der Waals surface area contributed by atoms with E-state index < -0.39 is 0 Å². The van der Waals surface area contributed by atoms with Crippen LogP contribution >= 0.6 is 0 Å². The smallest absolute Gasteiger partial charge is 0.0596 e. The van der Waals surface area contributed by atoms with Gasteiger partial charge in [-0.15, -0.1) is 0 Å². The molecule has 0 heterocycles. The van der Waals surface area contributed by atoms with E-state index in [0.717, 1.165) is 42.9 Å². The van der Waals surface area contributed by atoms with E-state index in [1.54, 1.807) is 0 Å². The van der Waals surface area contributed by atoms with E-state index in [4.69, 9.17) is 0 Å². The lowest BCUT2D eigenvalue weighted by Gasteiger charge is -2.63. The molecular formula is C20H34O2. The third kappa shape index (κ3) is 2.05. The zero-order chi connectivity index (χ0) is 15.5. The zero-order valence-electron chi connectivity index (χ0n) is 14.4. The summed E-state index contributed by atoms with van der Waals surface area (Å²) < 4.78 is 0. The molecule has 0 spiro atoms. The van der Waals surface area contributed by atoms with E-state index in [1.165, 1.54) is 44.9 Å². The van der Waals surface area contributed by atoms with Gasteiger partial charge in [0, 0.05) is 0 Å². The van der Waals surface area contributed by atoms with Crippen molar-refractivity contribution in [2.45, 2.75) is 90.3 Å². The van der Waals surface area contributed by atoms with Crippen molar-refractivity contribution in [2.75, 3.05) is 0 Å². The highest BCUT2D eigenvalue weighted by Crippen LogP contribution is 2.65. The van der Waals surface area contributed by atoms with Gasteiger partial charge >= 0.3 is 0 Å². The molecule has 2 N–H and O–H groups in total. The van der Waals surface area contributed by atoms with Crippen LogP contribution < -0.4 is 0 Å². The highest BCUT2D eigenvalue weighted by Gasteiger charge is 2.58. The van der Waals surface area contributed by atoms with Crippen molar-refractivity contribution in [2.24, 2.45) is 34.5 Å². The Balaban J connectivity index is 1.62. The number of fused-ring (bicyclic) bond motifs is 5. The summed E-state index contributed by atoms with van der Waals surface area (Å²) in [6, 6.07) is 0. The maximum atomic E-state index is 10.7. The molecule has 2 heteroatoms. The second kappa shape index (κ2) is 5.21. The quantitative estimate of drug-likeness (QED) is 0.706. The van der Waals surface area contributed by atoms with Gasteiger partial charge in [0.25, 0.3) is 0 Å². The lowest BCUT2D eigenvalue weighted by molar-refractivity contribution is -0.165. The van der Waals surface area contributed by atoms with E-state index in [0.29, 0.717) is 5.41 Å². The molecule has 2 nitrogen and oxygen atoms in total. The van der Waals surface area contributed by atoms with Crippen LogP contribution in [0, 0.1) is 34.5 Å². The Morgan fingerprint density at radius 1 is 0.773 bits per heavy atom. The summed E-state index contributed by atoms with van der Waals surface area (Å²) in [5.41, 5.74) is 0.655. The van der Waals surface area contributed by atoms with E-state index in [2.05, 4.69) is 13.8 Å². The van der Waals surface area contributed by atoms with Crippen molar-refractivity contribution < 1.29 is 10.2 Å². The van der Waals surface area contributed by atoms with Crippen LogP contribution in [-0.2, 0) is 0 Å². The van der Waals surface area contributed by atoms with E-state index in [1.807, 2.05) is 0 Å². The predicted molar refractivity (Wildman–Crippen MR) is 88.4 cm³/mol. The minimum Gasteiger partial charge on any atom is -0.393 e. The fraction of sp³-hybridized carbons (Fsp3) is 1.00. The molecule has 8 atom stereocenters. The van der Waals surface area contributed by atoms with Gasteiger partial charge in [-0.3, -0.25) is 0 Å². The molecule has 4 aliphatic rings. The molecule has 0 aromatic heterocycles. The third-order valence-corrected chi connectivity index (χ3v) is 8.83. The van der Waals surface area contributed by atoms with Crippen LogP contribution in [0.2, 0.25) is 0 Å². The molecule has 0 aromatic rings. The number of hydrogen-bond acceptors (Lipinski definition) is 2. The van der Waals surface area contributed by atoms with Gasteiger partial charge in [-0.1, -0.05) is 20.3 Å². The van der Waals surface area contributed by atoms with Crippen LogP contribution in [0.3, 0.4) is 0 Å². The number of aliphatic hydroxyl groups excluding tert-OH is 2. The summed E-state index contributed by atoms with van der Waals surface area (Å²) in [5.74, 6) is 3.18. The standard InChI is InChI=1S/C20H34O2/c1-19-10-8-14(21)12-13(19)6-7-15-16-4-3-5-18(22)20(16,2)11-9-17(15)19/h13-18,21-22H,3-12H2,1-2H3/t13-,14-,15-,16-,17-,18+,19+,20+/m1/s1. The van der Waals surface area contributed by atoms with Crippen LogP contribution in [0.1, 0.15) is 78.1 Å². The van der Waals surface area contributed by atoms with Gasteiger partial charge in [-0.25, -0.2) is 0 Å². The average molecular weight is 306 g/mol. The number of hydrogen-bond donors (Lipinski definition) is 2. The van der Waals surface area contributed by atoms with Crippen molar-refractivity contribution in [1.82, 2.24) is 0 Å². The molecule has 0 bridgehead atoms. The van der Waals surface area contributed by atoms with Gasteiger partial charge in [0.2, 0.25) is 0 Å². The molecule has 0 aliphatic heterocycles. The normalized spacial score (nSPS) is 58.4. The summed E-state index contributed by atoms with van der Waals surface area (Å²) >= 11 is 0. The monoisotopic (exact) mass is 306 g/mol. The largest absolute Gasteiger partial charge is 0.393 e. The van der Waals surface area contributed by atoms with Crippen LogP contribution in [0.15, 0.2) is 0 Å². The van der Waals surface area contributed by atoms with Gasteiger partial charge in [0.05, 0.1) is 12.2 Å². The SMILES string of the molecule is C[C@]12CC[C@@H](O)C[C@H]1CC[C@H]1[C@H]2CC[C@@]2(C)[C@@H]1CCC[C@@H]2O. The Morgan fingerprint density at radius 2 is 1.50 bits per heavy atom. The molecule has 0 radical (unpaired) electrons. The topological polar surface area (TPSA) is 40.5 Å². The molecule has 0 aromatic carbocycles. The van der Waals surface area contributed by atoms with E-state index in [9.17, 15) is 10.2 Å². The molecule has 126 valence electrons. The van der Waals surface area contributed by atoms with Crippen LogP contribution in [0.4, 0.5) is 0 Å². The van der Waals surface area contributed by atoms with Crippen molar-refractivity contribution in [1.29, 1.82) is 0 Å². The van der Waals surface area contributed by atoms with Crippen molar-refractivity contribution in [3.05, 3.63) is 0 Å².